The Balaban J connectivity index is 1.92. The largest absolute Gasteiger partial charge is 0.318 e. The second-order valence-corrected chi connectivity index (χ2v) is 4.57. The molecule has 0 atom stereocenters. The first-order valence-electron chi connectivity index (χ1n) is 6.37. The van der Waals surface area contributed by atoms with E-state index in [1.165, 1.54) is 6.07 Å². The van der Waals surface area contributed by atoms with Crippen molar-refractivity contribution in [3.05, 3.63) is 71.7 Å². The minimum Gasteiger partial charge on any atom is -0.318 e. The average molecular weight is 302 g/mol. The van der Waals surface area contributed by atoms with Gasteiger partial charge in [0.25, 0.3) is 5.91 Å². The molecule has 0 aliphatic heterocycles. The van der Waals surface area contributed by atoms with Crippen molar-refractivity contribution < 1.29 is 18.0 Å². The lowest BCUT2D eigenvalue weighted by Crippen LogP contribution is -2.15. The molecule has 1 heterocycles. The fourth-order valence-electron chi connectivity index (χ4n) is 2.00. The molecule has 1 amide bonds. The van der Waals surface area contributed by atoms with Crippen molar-refractivity contribution in [1.29, 1.82) is 0 Å². The van der Waals surface area contributed by atoms with Crippen LogP contribution in [0.3, 0.4) is 0 Å². The standard InChI is InChI=1S/C16H9F3N2O/c17-10-6-8-12(15(19)14(10)18)21-16(22)13-7-5-9-3-1-2-4-11(9)20-13/h1-8H,(H,21,22). The van der Waals surface area contributed by atoms with Crippen molar-refractivity contribution in [2.75, 3.05) is 5.32 Å². The van der Waals surface area contributed by atoms with Crippen LogP contribution >= 0.6 is 0 Å². The Hall–Kier alpha value is -2.89. The minimum absolute atomic E-state index is 0.0443. The number of para-hydroxylation sites is 1. The second kappa shape index (κ2) is 5.48. The van der Waals surface area contributed by atoms with Crippen molar-refractivity contribution in [1.82, 2.24) is 4.98 Å². The zero-order chi connectivity index (χ0) is 15.7. The second-order valence-electron chi connectivity index (χ2n) is 4.57. The SMILES string of the molecule is O=C(Nc1ccc(F)c(F)c1F)c1ccc2ccccc2n1. The molecule has 0 bridgehead atoms. The first-order valence-corrected chi connectivity index (χ1v) is 6.37. The number of fused-ring (bicyclic) bond motifs is 1. The van der Waals surface area contributed by atoms with Gasteiger partial charge in [-0.1, -0.05) is 24.3 Å². The van der Waals surface area contributed by atoms with Gasteiger partial charge in [-0.2, -0.15) is 0 Å². The Morgan fingerprint density at radius 1 is 0.909 bits per heavy atom. The van der Waals surface area contributed by atoms with E-state index < -0.39 is 29.0 Å². The molecule has 0 spiro atoms. The summed E-state index contributed by atoms with van der Waals surface area (Å²) in [5.41, 5.74) is 0.197. The summed E-state index contributed by atoms with van der Waals surface area (Å²) in [5.74, 6) is -5.12. The molecule has 22 heavy (non-hydrogen) atoms. The maximum Gasteiger partial charge on any atom is 0.274 e. The molecule has 3 nitrogen and oxygen atoms in total. The van der Waals surface area contributed by atoms with Crippen LogP contribution < -0.4 is 5.32 Å². The van der Waals surface area contributed by atoms with Gasteiger partial charge in [-0.15, -0.1) is 0 Å². The molecular weight excluding hydrogens is 293 g/mol. The molecule has 3 rings (SSSR count). The number of hydrogen-bond acceptors (Lipinski definition) is 2. The lowest BCUT2D eigenvalue weighted by atomic mass is 10.2. The minimum atomic E-state index is -1.63. The number of pyridine rings is 1. The first-order chi connectivity index (χ1) is 10.6. The Morgan fingerprint density at radius 3 is 2.50 bits per heavy atom. The summed E-state index contributed by atoms with van der Waals surface area (Å²) in [6, 6.07) is 12.0. The summed E-state index contributed by atoms with van der Waals surface area (Å²) >= 11 is 0. The topological polar surface area (TPSA) is 42.0 Å². The number of carbonyl (C=O) groups is 1. The molecule has 1 N–H and O–H groups in total. The number of nitrogens with one attached hydrogen (secondary N) is 1. The molecule has 1 aromatic heterocycles. The summed E-state index contributed by atoms with van der Waals surface area (Å²) in [6.07, 6.45) is 0. The van der Waals surface area contributed by atoms with Gasteiger partial charge in [-0.05, 0) is 24.3 Å². The molecule has 2 aromatic carbocycles. The van der Waals surface area contributed by atoms with Gasteiger partial charge >= 0.3 is 0 Å². The Bertz CT molecular complexity index is 880. The number of anilines is 1. The van der Waals surface area contributed by atoms with Crippen LogP contribution in [0.25, 0.3) is 10.9 Å². The average Bonchev–Trinajstić information content (AvgIpc) is 2.55. The number of halogens is 3. The number of rotatable bonds is 2. The van der Waals surface area contributed by atoms with E-state index in [0.29, 0.717) is 5.52 Å². The maximum atomic E-state index is 13.5. The third-order valence-corrected chi connectivity index (χ3v) is 3.11. The zero-order valence-electron chi connectivity index (χ0n) is 11.1. The molecule has 0 saturated heterocycles. The van der Waals surface area contributed by atoms with Crippen molar-refractivity contribution >= 4 is 22.5 Å². The van der Waals surface area contributed by atoms with E-state index in [-0.39, 0.29) is 5.69 Å². The summed E-state index contributed by atoms with van der Waals surface area (Å²) in [5, 5.41) is 3.02. The van der Waals surface area contributed by atoms with Gasteiger partial charge in [0.15, 0.2) is 17.5 Å². The van der Waals surface area contributed by atoms with Gasteiger partial charge in [-0.3, -0.25) is 4.79 Å². The van der Waals surface area contributed by atoms with Crippen molar-refractivity contribution in [3.63, 3.8) is 0 Å². The van der Waals surface area contributed by atoms with Gasteiger partial charge in [-0.25, -0.2) is 18.2 Å². The van der Waals surface area contributed by atoms with Crippen molar-refractivity contribution in [2.24, 2.45) is 0 Å². The van der Waals surface area contributed by atoms with E-state index in [2.05, 4.69) is 10.3 Å². The third kappa shape index (κ3) is 2.50. The number of hydrogen-bond donors (Lipinski definition) is 1. The molecule has 0 aliphatic carbocycles. The molecule has 110 valence electrons. The highest BCUT2D eigenvalue weighted by Gasteiger charge is 2.16. The number of amides is 1. The van der Waals surface area contributed by atoms with Gasteiger partial charge in [0.1, 0.15) is 5.69 Å². The summed E-state index contributed by atoms with van der Waals surface area (Å²) in [4.78, 5) is 16.2. The fourth-order valence-corrected chi connectivity index (χ4v) is 2.00. The molecule has 0 aliphatic rings. The lowest BCUT2D eigenvalue weighted by molar-refractivity contribution is 0.102. The highest BCUT2D eigenvalue weighted by atomic mass is 19.2. The molecular formula is C16H9F3N2O. The summed E-state index contributed by atoms with van der Waals surface area (Å²) in [6.45, 7) is 0. The Kier molecular flexibility index (Phi) is 3.50. The predicted molar refractivity (Wildman–Crippen MR) is 76.0 cm³/mol. The fraction of sp³-hybridized carbons (Fsp3) is 0. The molecule has 0 radical (unpaired) electrons. The monoisotopic (exact) mass is 302 g/mol. The Morgan fingerprint density at radius 2 is 1.68 bits per heavy atom. The van der Waals surface area contributed by atoms with Crippen molar-refractivity contribution in [2.45, 2.75) is 0 Å². The van der Waals surface area contributed by atoms with Crippen LogP contribution in [0.2, 0.25) is 0 Å². The number of benzene rings is 2. The molecule has 0 fully saturated rings. The van der Waals surface area contributed by atoms with E-state index in [1.54, 1.807) is 18.2 Å². The Labute approximate surface area is 123 Å². The molecule has 0 unspecified atom stereocenters. The number of nitrogens with zero attached hydrogens (tertiary/aromatic N) is 1. The predicted octanol–water partition coefficient (Wildman–Crippen LogP) is 3.90. The van der Waals surface area contributed by atoms with E-state index in [0.717, 1.165) is 17.5 Å². The molecule has 6 heteroatoms. The van der Waals surface area contributed by atoms with E-state index in [1.807, 2.05) is 12.1 Å². The molecule has 3 aromatic rings. The lowest BCUT2D eigenvalue weighted by Gasteiger charge is -2.07. The zero-order valence-corrected chi connectivity index (χ0v) is 11.1. The normalized spacial score (nSPS) is 10.7. The highest BCUT2D eigenvalue weighted by molar-refractivity contribution is 6.04. The van der Waals surface area contributed by atoms with E-state index in [9.17, 15) is 18.0 Å². The van der Waals surface area contributed by atoms with Crippen molar-refractivity contribution in [3.8, 4) is 0 Å². The quantitative estimate of drug-likeness (QED) is 0.729. The maximum absolute atomic E-state index is 13.5. The summed E-state index contributed by atoms with van der Waals surface area (Å²) < 4.78 is 39.5. The van der Waals surface area contributed by atoms with Gasteiger partial charge in [0, 0.05) is 5.39 Å². The van der Waals surface area contributed by atoms with Crippen LogP contribution in [-0.4, -0.2) is 10.9 Å². The van der Waals surface area contributed by atoms with E-state index in [4.69, 9.17) is 0 Å². The number of carbonyl (C=O) groups excluding carboxylic acids is 1. The number of aromatic nitrogens is 1. The van der Waals surface area contributed by atoms with Crippen LogP contribution in [0.1, 0.15) is 10.5 Å². The van der Waals surface area contributed by atoms with Crippen LogP contribution in [-0.2, 0) is 0 Å². The van der Waals surface area contributed by atoms with Crippen LogP contribution in [0.5, 0.6) is 0 Å². The van der Waals surface area contributed by atoms with E-state index >= 15 is 0 Å². The molecule has 0 saturated carbocycles. The first kappa shape index (κ1) is 14.1. The van der Waals surface area contributed by atoms with Gasteiger partial charge in [0.2, 0.25) is 0 Å². The highest BCUT2D eigenvalue weighted by Crippen LogP contribution is 2.20. The van der Waals surface area contributed by atoms with Crippen LogP contribution in [0, 0.1) is 17.5 Å². The van der Waals surface area contributed by atoms with Gasteiger partial charge < -0.3 is 5.32 Å². The summed E-state index contributed by atoms with van der Waals surface area (Å²) in [7, 11) is 0. The smallest absolute Gasteiger partial charge is 0.274 e. The third-order valence-electron chi connectivity index (χ3n) is 3.11. The van der Waals surface area contributed by atoms with Crippen LogP contribution in [0.15, 0.2) is 48.5 Å². The van der Waals surface area contributed by atoms with Crippen LogP contribution in [0.4, 0.5) is 18.9 Å². The van der Waals surface area contributed by atoms with Gasteiger partial charge in [0.05, 0.1) is 11.2 Å².